The Kier molecular flexibility index (Phi) is 4.77. The van der Waals surface area contributed by atoms with Crippen molar-refractivity contribution in [3.63, 3.8) is 0 Å². The van der Waals surface area contributed by atoms with Crippen molar-refractivity contribution in [2.75, 3.05) is 19.0 Å². The summed E-state index contributed by atoms with van der Waals surface area (Å²) in [5, 5.41) is 7.98. The Morgan fingerprint density at radius 1 is 1.55 bits per heavy atom. The summed E-state index contributed by atoms with van der Waals surface area (Å²) in [4.78, 5) is 24.6. The molecule has 0 aliphatic carbocycles. The zero-order valence-electron chi connectivity index (χ0n) is 11.8. The molecule has 1 atom stereocenters. The highest BCUT2D eigenvalue weighted by atomic mass is 32.1. The molecule has 1 aromatic rings. The molecule has 0 saturated carbocycles. The Balaban J connectivity index is 2.15. The number of hydrogen-bond acceptors (Lipinski definition) is 5. The van der Waals surface area contributed by atoms with E-state index in [0.29, 0.717) is 10.6 Å². The van der Waals surface area contributed by atoms with E-state index in [1.165, 1.54) is 18.4 Å². The third-order valence-corrected chi connectivity index (χ3v) is 4.53. The highest BCUT2D eigenvalue weighted by Gasteiger charge is 2.40. The summed E-state index contributed by atoms with van der Waals surface area (Å²) in [6, 6.07) is 1.74. The van der Waals surface area contributed by atoms with Crippen molar-refractivity contribution in [1.82, 2.24) is 5.32 Å². The lowest BCUT2D eigenvalue weighted by Crippen LogP contribution is -2.50. The maximum absolute atomic E-state index is 12.6. The minimum absolute atomic E-state index is 0.0552. The lowest BCUT2D eigenvalue weighted by molar-refractivity contribution is -0.122. The Bertz CT molecular complexity index is 492. The van der Waals surface area contributed by atoms with E-state index < -0.39 is 11.5 Å². The minimum atomic E-state index is -0.496. The standard InChI is InChI=1S/C14H20N2O3S/c1-3-6-14(7-4-8-15-14)13(18)16-10-5-9-20-11(10)12(17)19-2/h5,9,15H,3-4,6-8H2,1-2H3,(H,16,18). The van der Waals surface area contributed by atoms with Crippen LogP contribution in [0, 0.1) is 0 Å². The smallest absolute Gasteiger partial charge is 0.350 e. The quantitative estimate of drug-likeness (QED) is 0.819. The average Bonchev–Trinajstić information content (AvgIpc) is 3.08. The molecular formula is C14H20N2O3S. The van der Waals surface area contributed by atoms with Crippen molar-refractivity contribution in [1.29, 1.82) is 0 Å². The maximum Gasteiger partial charge on any atom is 0.350 e. The summed E-state index contributed by atoms with van der Waals surface area (Å²) in [5.74, 6) is -0.473. The second-order valence-electron chi connectivity index (χ2n) is 4.97. The largest absolute Gasteiger partial charge is 0.465 e. The van der Waals surface area contributed by atoms with Gasteiger partial charge in [0, 0.05) is 0 Å². The molecular weight excluding hydrogens is 276 g/mol. The summed E-state index contributed by atoms with van der Waals surface area (Å²) >= 11 is 1.27. The lowest BCUT2D eigenvalue weighted by Gasteiger charge is -2.27. The van der Waals surface area contributed by atoms with Crippen LogP contribution < -0.4 is 10.6 Å². The topological polar surface area (TPSA) is 67.4 Å². The molecule has 5 nitrogen and oxygen atoms in total. The van der Waals surface area contributed by atoms with E-state index in [-0.39, 0.29) is 5.91 Å². The fraction of sp³-hybridized carbons (Fsp3) is 0.571. The van der Waals surface area contributed by atoms with Gasteiger partial charge in [-0.3, -0.25) is 4.79 Å². The van der Waals surface area contributed by atoms with Crippen molar-refractivity contribution >= 4 is 28.9 Å². The van der Waals surface area contributed by atoms with Crippen LogP contribution in [-0.2, 0) is 9.53 Å². The molecule has 0 aromatic carbocycles. The molecule has 0 spiro atoms. The fourth-order valence-corrected chi connectivity index (χ4v) is 3.42. The molecule has 6 heteroatoms. The SMILES string of the molecule is CCCC1(C(=O)Nc2ccsc2C(=O)OC)CCCN1. The second kappa shape index (κ2) is 6.37. The van der Waals surface area contributed by atoms with Gasteiger partial charge in [0.05, 0.1) is 18.3 Å². The summed E-state index contributed by atoms with van der Waals surface area (Å²) in [6.07, 6.45) is 3.58. The number of thiophene rings is 1. The van der Waals surface area contributed by atoms with Crippen molar-refractivity contribution in [3.8, 4) is 0 Å². The Morgan fingerprint density at radius 3 is 2.95 bits per heavy atom. The van der Waals surface area contributed by atoms with Crippen molar-refractivity contribution < 1.29 is 14.3 Å². The minimum Gasteiger partial charge on any atom is -0.465 e. The molecule has 20 heavy (non-hydrogen) atoms. The van der Waals surface area contributed by atoms with E-state index in [1.54, 1.807) is 11.4 Å². The Hall–Kier alpha value is -1.40. The number of amides is 1. The number of ether oxygens (including phenoxy) is 1. The Labute approximate surface area is 122 Å². The maximum atomic E-state index is 12.6. The summed E-state index contributed by atoms with van der Waals surface area (Å²) in [5.41, 5.74) is 0.0420. The molecule has 1 saturated heterocycles. The number of rotatable bonds is 5. The van der Waals surface area contributed by atoms with Crippen LogP contribution in [0.1, 0.15) is 42.3 Å². The third-order valence-electron chi connectivity index (χ3n) is 3.64. The van der Waals surface area contributed by atoms with Crippen molar-refractivity contribution in [3.05, 3.63) is 16.3 Å². The predicted molar refractivity (Wildman–Crippen MR) is 79.2 cm³/mol. The molecule has 110 valence electrons. The summed E-state index contributed by atoms with van der Waals surface area (Å²) in [6.45, 7) is 2.93. The number of carbonyl (C=O) groups excluding carboxylic acids is 2. The Morgan fingerprint density at radius 2 is 2.35 bits per heavy atom. The van der Waals surface area contributed by atoms with Gasteiger partial charge in [-0.25, -0.2) is 4.79 Å². The monoisotopic (exact) mass is 296 g/mol. The van der Waals surface area contributed by atoms with Gasteiger partial charge in [-0.1, -0.05) is 13.3 Å². The van der Waals surface area contributed by atoms with Gasteiger partial charge in [-0.05, 0) is 37.3 Å². The first-order valence-corrected chi connectivity index (χ1v) is 7.73. The zero-order valence-corrected chi connectivity index (χ0v) is 12.6. The van der Waals surface area contributed by atoms with Gasteiger partial charge >= 0.3 is 5.97 Å². The first-order chi connectivity index (χ1) is 9.63. The molecule has 2 N–H and O–H groups in total. The van der Waals surface area contributed by atoms with Crippen molar-refractivity contribution in [2.45, 2.75) is 38.1 Å². The van der Waals surface area contributed by atoms with E-state index in [0.717, 1.165) is 32.2 Å². The van der Waals surface area contributed by atoms with Gasteiger partial charge in [0.2, 0.25) is 5.91 Å². The van der Waals surface area contributed by atoms with Crippen LogP contribution in [0.2, 0.25) is 0 Å². The van der Waals surface area contributed by atoms with Crippen LogP contribution in [0.15, 0.2) is 11.4 Å². The first-order valence-electron chi connectivity index (χ1n) is 6.85. The van der Waals surface area contributed by atoms with Gasteiger partial charge in [0.15, 0.2) is 0 Å². The van der Waals surface area contributed by atoms with E-state index in [1.807, 2.05) is 0 Å². The van der Waals surface area contributed by atoms with Crippen LogP contribution in [0.25, 0.3) is 0 Å². The average molecular weight is 296 g/mol. The number of nitrogens with one attached hydrogen (secondary N) is 2. The number of anilines is 1. The number of methoxy groups -OCH3 is 1. The molecule has 1 fully saturated rings. The zero-order chi connectivity index (χ0) is 14.6. The molecule has 1 aromatic heterocycles. The van der Waals surface area contributed by atoms with E-state index in [4.69, 9.17) is 4.74 Å². The predicted octanol–water partition coefficient (Wildman–Crippen LogP) is 2.40. The fourth-order valence-electron chi connectivity index (χ4n) is 2.65. The highest BCUT2D eigenvalue weighted by molar-refractivity contribution is 7.12. The number of carbonyl (C=O) groups is 2. The molecule has 1 aliphatic rings. The molecule has 0 bridgehead atoms. The summed E-state index contributed by atoms with van der Waals surface area (Å²) in [7, 11) is 1.34. The van der Waals surface area contributed by atoms with Crippen LogP contribution in [0.5, 0.6) is 0 Å². The molecule has 2 rings (SSSR count). The van der Waals surface area contributed by atoms with Gasteiger partial charge < -0.3 is 15.4 Å². The highest BCUT2D eigenvalue weighted by Crippen LogP contribution is 2.29. The molecule has 1 amide bonds. The molecule has 1 unspecified atom stereocenters. The molecule has 2 heterocycles. The van der Waals surface area contributed by atoms with Crippen LogP contribution in [-0.4, -0.2) is 31.1 Å². The second-order valence-corrected chi connectivity index (χ2v) is 5.89. The lowest BCUT2D eigenvalue weighted by atomic mass is 9.91. The molecule has 1 aliphatic heterocycles. The van der Waals surface area contributed by atoms with Gasteiger partial charge in [-0.15, -0.1) is 11.3 Å². The first kappa shape index (κ1) is 15.0. The van der Waals surface area contributed by atoms with Crippen LogP contribution in [0.3, 0.4) is 0 Å². The molecule has 0 radical (unpaired) electrons. The van der Waals surface area contributed by atoms with E-state index in [2.05, 4.69) is 17.6 Å². The van der Waals surface area contributed by atoms with Gasteiger partial charge in [0.1, 0.15) is 4.88 Å². The normalized spacial score (nSPS) is 21.7. The number of hydrogen-bond donors (Lipinski definition) is 2. The van der Waals surface area contributed by atoms with E-state index in [9.17, 15) is 9.59 Å². The van der Waals surface area contributed by atoms with Gasteiger partial charge in [-0.2, -0.15) is 0 Å². The third kappa shape index (κ3) is 2.86. The van der Waals surface area contributed by atoms with Gasteiger partial charge in [0.25, 0.3) is 0 Å². The summed E-state index contributed by atoms with van der Waals surface area (Å²) < 4.78 is 4.72. The van der Waals surface area contributed by atoms with Crippen LogP contribution >= 0.6 is 11.3 Å². The van der Waals surface area contributed by atoms with Crippen molar-refractivity contribution in [2.24, 2.45) is 0 Å². The number of esters is 1. The van der Waals surface area contributed by atoms with E-state index >= 15 is 0 Å². The van der Waals surface area contributed by atoms with Crippen LogP contribution in [0.4, 0.5) is 5.69 Å².